The largest absolute Gasteiger partial charge is 0.478 e. The number of aromatic carboxylic acids is 1. The minimum Gasteiger partial charge on any atom is -0.478 e. The van der Waals surface area contributed by atoms with Crippen molar-refractivity contribution in [3.05, 3.63) is 90.2 Å². The molecule has 0 saturated heterocycles. The van der Waals surface area contributed by atoms with E-state index in [1.54, 1.807) is 24.7 Å². The Kier molecular flexibility index (Phi) is 5.81. The van der Waals surface area contributed by atoms with Gasteiger partial charge in [0.1, 0.15) is 12.1 Å². The van der Waals surface area contributed by atoms with Crippen molar-refractivity contribution in [3.8, 4) is 28.2 Å². The van der Waals surface area contributed by atoms with E-state index in [4.69, 9.17) is 11.6 Å². The Bertz CT molecular complexity index is 1540. The molecule has 0 spiro atoms. The fourth-order valence-corrected chi connectivity index (χ4v) is 3.43. The molecule has 5 aromatic rings. The number of nitrogens with one attached hydrogen (secondary N) is 1. The van der Waals surface area contributed by atoms with Crippen LogP contribution in [0.4, 0.5) is 16.0 Å². The van der Waals surface area contributed by atoms with E-state index >= 15 is 0 Å². The SMILES string of the molecule is O=C(O)c1cncc(-c2cnc(Nc3ccc(F)c(Cl)c3)nc2-n2cc(-c3ccncn3)cn2)c1. The zero-order chi connectivity index (χ0) is 24.4. The number of rotatable bonds is 6. The molecule has 0 amide bonds. The van der Waals surface area contributed by atoms with Crippen LogP contribution in [-0.2, 0) is 0 Å². The zero-order valence-corrected chi connectivity index (χ0v) is 18.4. The van der Waals surface area contributed by atoms with Gasteiger partial charge in [-0.1, -0.05) is 11.6 Å². The Morgan fingerprint density at radius 3 is 2.69 bits per heavy atom. The number of carboxylic acid groups (broad SMARTS) is 1. The highest BCUT2D eigenvalue weighted by atomic mass is 35.5. The summed E-state index contributed by atoms with van der Waals surface area (Å²) >= 11 is 5.88. The van der Waals surface area contributed by atoms with Gasteiger partial charge in [0.15, 0.2) is 5.82 Å². The molecule has 0 unspecified atom stereocenters. The number of carboxylic acids is 1. The monoisotopic (exact) mass is 488 g/mol. The van der Waals surface area contributed by atoms with Gasteiger partial charge in [0, 0.05) is 53.4 Å². The summed E-state index contributed by atoms with van der Waals surface area (Å²) in [7, 11) is 0. The van der Waals surface area contributed by atoms with E-state index in [0.717, 1.165) is 0 Å². The maximum Gasteiger partial charge on any atom is 0.337 e. The predicted molar refractivity (Wildman–Crippen MR) is 125 cm³/mol. The van der Waals surface area contributed by atoms with Gasteiger partial charge in [-0.25, -0.2) is 28.8 Å². The van der Waals surface area contributed by atoms with Crippen LogP contribution in [0, 0.1) is 5.82 Å². The molecule has 0 radical (unpaired) electrons. The number of hydrogen-bond donors (Lipinski definition) is 2. The van der Waals surface area contributed by atoms with Gasteiger partial charge < -0.3 is 10.4 Å². The highest BCUT2D eigenvalue weighted by Crippen LogP contribution is 2.28. The van der Waals surface area contributed by atoms with Crippen LogP contribution >= 0.6 is 11.6 Å². The second-order valence-electron chi connectivity index (χ2n) is 7.22. The van der Waals surface area contributed by atoms with Crippen LogP contribution in [0.3, 0.4) is 0 Å². The maximum absolute atomic E-state index is 13.5. The van der Waals surface area contributed by atoms with Crippen LogP contribution in [-0.4, -0.2) is 45.8 Å². The number of anilines is 2. The van der Waals surface area contributed by atoms with Gasteiger partial charge in [-0.15, -0.1) is 0 Å². The van der Waals surface area contributed by atoms with Crippen LogP contribution in [0.5, 0.6) is 0 Å². The normalized spacial score (nSPS) is 10.8. The Morgan fingerprint density at radius 1 is 1.03 bits per heavy atom. The number of pyridine rings is 1. The summed E-state index contributed by atoms with van der Waals surface area (Å²) in [6.45, 7) is 0. The number of aromatic nitrogens is 7. The van der Waals surface area contributed by atoms with Crippen LogP contribution in [0.25, 0.3) is 28.2 Å². The van der Waals surface area contributed by atoms with Gasteiger partial charge in [0.25, 0.3) is 0 Å². The van der Waals surface area contributed by atoms with Crippen molar-refractivity contribution in [2.75, 3.05) is 5.32 Å². The third kappa shape index (κ3) is 4.66. The highest BCUT2D eigenvalue weighted by Gasteiger charge is 2.16. The van der Waals surface area contributed by atoms with Gasteiger partial charge in [-0.05, 0) is 30.3 Å². The molecule has 0 aliphatic heterocycles. The minimum atomic E-state index is -1.11. The molecule has 172 valence electrons. The van der Waals surface area contributed by atoms with Crippen molar-refractivity contribution in [1.29, 1.82) is 0 Å². The van der Waals surface area contributed by atoms with E-state index in [1.807, 2.05) is 0 Å². The van der Waals surface area contributed by atoms with Crippen LogP contribution in [0.15, 0.2) is 73.8 Å². The summed E-state index contributed by atoms with van der Waals surface area (Å²) in [6, 6.07) is 7.35. The van der Waals surface area contributed by atoms with Crippen LogP contribution in [0.2, 0.25) is 5.02 Å². The molecule has 0 aliphatic rings. The van der Waals surface area contributed by atoms with Crippen molar-refractivity contribution in [2.45, 2.75) is 0 Å². The lowest BCUT2D eigenvalue weighted by Gasteiger charge is -2.12. The van der Waals surface area contributed by atoms with Gasteiger partial charge in [-0.3, -0.25) is 4.98 Å². The molecule has 0 atom stereocenters. The molecule has 10 nitrogen and oxygen atoms in total. The van der Waals surface area contributed by atoms with Gasteiger partial charge in [0.05, 0.1) is 22.5 Å². The first-order valence-electron chi connectivity index (χ1n) is 10.1. The van der Waals surface area contributed by atoms with Crippen molar-refractivity contribution >= 4 is 29.2 Å². The fraction of sp³-hybridized carbons (Fsp3) is 0. The van der Waals surface area contributed by atoms with E-state index in [1.165, 1.54) is 53.9 Å². The standard InChI is InChI=1S/C23H14ClFN8O2/c24-18-6-16(1-2-19(18)25)31-23-28-10-17(13-5-14(22(34)35)8-27-7-13)21(32-23)33-11-15(9-30-33)20-3-4-26-12-29-20/h1-12H,(H,34,35)(H,28,31,32). The quantitative estimate of drug-likeness (QED) is 0.356. The Balaban J connectivity index is 1.60. The topological polar surface area (TPSA) is 132 Å². The number of hydrogen-bond acceptors (Lipinski definition) is 8. The van der Waals surface area contributed by atoms with Crippen molar-refractivity contribution in [2.24, 2.45) is 0 Å². The molecule has 4 heterocycles. The molecule has 0 aliphatic carbocycles. The smallest absolute Gasteiger partial charge is 0.337 e. The molecular formula is C23H14ClFN8O2. The molecule has 35 heavy (non-hydrogen) atoms. The number of halogens is 2. The lowest BCUT2D eigenvalue weighted by atomic mass is 10.1. The minimum absolute atomic E-state index is 0.0127. The van der Waals surface area contributed by atoms with Crippen molar-refractivity contribution < 1.29 is 14.3 Å². The van der Waals surface area contributed by atoms with Gasteiger partial charge >= 0.3 is 5.97 Å². The third-order valence-corrected chi connectivity index (χ3v) is 5.21. The summed E-state index contributed by atoms with van der Waals surface area (Å²) < 4.78 is 15.1. The molecule has 2 N–H and O–H groups in total. The van der Waals surface area contributed by atoms with E-state index in [9.17, 15) is 14.3 Å². The van der Waals surface area contributed by atoms with Crippen molar-refractivity contribution in [1.82, 2.24) is 34.7 Å². The van der Waals surface area contributed by atoms with Gasteiger partial charge in [-0.2, -0.15) is 10.1 Å². The molecular weight excluding hydrogens is 475 g/mol. The average Bonchev–Trinajstić information content (AvgIpc) is 3.37. The molecule has 0 saturated carbocycles. The molecule has 5 rings (SSSR count). The summed E-state index contributed by atoms with van der Waals surface area (Å²) in [5.41, 5.74) is 2.84. The van der Waals surface area contributed by atoms with Crippen molar-refractivity contribution in [3.63, 3.8) is 0 Å². The maximum atomic E-state index is 13.5. The Labute approximate surface area is 202 Å². The molecule has 0 fully saturated rings. The third-order valence-electron chi connectivity index (χ3n) is 4.92. The van der Waals surface area contributed by atoms with E-state index in [-0.39, 0.29) is 16.5 Å². The van der Waals surface area contributed by atoms with E-state index in [2.05, 4.69) is 35.3 Å². The zero-order valence-electron chi connectivity index (χ0n) is 17.7. The second-order valence-corrected chi connectivity index (χ2v) is 7.63. The highest BCUT2D eigenvalue weighted by molar-refractivity contribution is 6.31. The lowest BCUT2D eigenvalue weighted by molar-refractivity contribution is 0.0696. The Hall–Kier alpha value is -4.77. The van der Waals surface area contributed by atoms with E-state index < -0.39 is 11.8 Å². The Morgan fingerprint density at radius 2 is 1.91 bits per heavy atom. The summed E-state index contributed by atoms with van der Waals surface area (Å²) in [5, 5.41) is 16.7. The second kappa shape index (κ2) is 9.23. The molecule has 1 aromatic carbocycles. The molecule has 4 aromatic heterocycles. The van der Waals surface area contributed by atoms with Crippen LogP contribution < -0.4 is 5.32 Å². The first-order valence-corrected chi connectivity index (χ1v) is 10.4. The number of carbonyl (C=O) groups is 1. The average molecular weight is 489 g/mol. The summed E-state index contributed by atoms with van der Waals surface area (Å²) in [6.07, 6.45) is 10.7. The molecule has 12 heteroatoms. The summed E-state index contributed by atoms with van der Waals surface area (Å²) in [4.78, 5) is 32.6. The van der Waals surface area contributed by atoms with E-state index in [0.29, 0.717) is 33.9 Å². The first-order chi connectivity index (χ1) is 17.0. The predicted octanol–water partition coefficient (Wildman–Crippen LogP) is 4.42. The van der Waals surface area contributed by atoms with Gasteiger partial charge in [0.2, 0.25) is 5.95 Å². The van der Waals surface area contributed by atoms with Crippen LogP contribution in [0.1, 0.15) is 10.4 Å². The number of nitrogens with zero attached hydrogens (tertiary/aromatic N) is 7. The molecule has 0 bridgehead atoms. The number of benzene rings is 1. The fourth-order valence-electron chi connectivity index (χ4n) is 3.25. The summed E-state index contributed by atoms with van der Waals surface area (Å²) in [5.74, 6) is -1.12. The lowest BCUT2D eigenvalue weighted by Crippen LogP contribution is -2.06. The first kappa shape index (κ1) is 22.0.